The lowest BCUT2D eigenvalue weighted by molar-refractivity contribution is 0.0992. The molecule has 4 heteroatoms. The monoisotopic (exact) mass is 302 g/mol. The van der Waals surface area contributed by atoms with Crippen LogP contribution in [0.5, 0.6) is 5.75 Å². The molecule has 0 aromatic heterocycles. The smallest absolute Gasteiger partial charge is 0.178 e. The molecular formula is C17H18O3S. The average Bonchev–Trinajstić information content (AvgIpc) is 2.54. The summed E-state index contributed by atoms with van der Waals surface area (Å²) in [5, 5.41) is -0.529. The van der Waals surface area contributed by atoms with Crippen molar-refractivity contribution in [2.75, 3.05) is 7.11 Å². The molecule has 2 rings (SSSR count). The highest BCUT2D eigenvalue weighted by Crippen LogP contribution is 2.16. The molecule has 0 heterocycles. The largest absolute Gasteiger partial charge is 0.497 e. The molecule has 2 aromatic rings. The van der Waals surface area contributed by atoms with Crippen LogP contribution in [0.15, 0.2) is 54.6 Å². The summed E-state index contributed by atoms with van der Waals surface area (Å²) in [5.74, 6) is 0.987. The van der Waals surface area contributed by atoms with Gasteiger partial charge in [0.2, 0.25) is 0 Å². The van der Waals surface area contributed by atoms with E-state index in [-0.39, 0.29) is 5.78 Å². The highest BCUT2D eigenvalue weighted by atomic mass is 32.2. The van der Waals surface area contributed by atoms with E-state index >= 15 is 0 Å². The summed E-state index contributed by atoms with van der Waals surface area (Å²) < 4.78 is 17.4. The Bertz CT molecular complexity index is 620. The van der Waals surface area contributed by atoms with Crippen molar-refractivity contribution in [1.29, 1.82) is 0 Å². The van der Waals surface area contributed by atoms with Gasteiger partial charge in [0.05, 0.1) is 12.4 Å². The van der Waals surface area contributed by atoms with Gasteiger partial charge in [0.1, 0.15) is 5.75 Å². The third kappa shape index (κ3) is 4.02. The predicted molar refractivity (Wildman–Crippen MR) is 85.1 cm³/mol. The Morgan fingerprint density at radius 3 is 2.29 bits per heavy atom. The van der Waals surface area contributed by atoms with Crippen LogP contribution in [0.25, 0.3) is 0 Å². The van der Waals surface area contributed by atoms with Crippen molar-refractivity contribution in [3.63, 3.8) is 0 Å². The molecule has 0 amide bonds. The molecule has 0 fully saturated rings. The summed E-state index contributed by atoms with van der Waals surface area (Å²) in [4.78, 5) is 12.3. The maximum Gasteiger partial charge on any atom is 0.178 e. The van der Waals surface area contributed by atoms with Crippen LogP contribution in [-0.4, -0.2) is 22.4 Å². The molecule has 2 atom stereocenters. The molecule has 0 aliphatic carbocycles. The molecule has 0 N–H and O–H groups in total. The topological polar surface area (TPSA) is 43.4 Å². The maximum absolute atomic E-state index is 12.3. The number of hydrogen-bond acceptors (Lipinski definition) is 3. The average molecular weight is 302 g/mol. The molecule has 0 aliphatic heterocycles. The van der Waals surface area contributed by atoms with E-state index in [1.807, 2.05) is 30.3 Å². The molecule has 0 spiro atoms. The Morgan fingerprint density at radius 2 is 1.71 bits per heavy atom. The van der Waals surface area contributed by atoms with E-state index in [4.69, 9.17) is 4.74 Å². The normalized spacial score (nSPS) is 13.4. The fourth-order valence-electron chi connectivity index (χ4n) is 1.97. The standard InChI is InChI=1S/C17H18O3S/c1-13(21(19)12-14-6-4-3-5-7-14)17(18)15-8-10-16(20-2)11-9-15/h3-11,13H,12H2,1-2H3. The number of carbonyl (C=O) groups excluding carboxylic acids is 1. The number of Topliss-reactive ketones (excluding diaryl/α,β-unsaturated/α-hetero) is 1. The van der Waals surface area contributed by atoms with Crippen molar-refractivity contribution in [3.8, 4) is 5.75 Å². The molecule has 2 aromatic carbocycles. The Balaban J connectivity index is 2.05. The lowest BCUT2D eigenvalue weighted by Gasteiger charge is -2.11. The van der Waals surface area contributed by atoms with Gasteiger partial charge in [0.25, 0.3) is 0 Å². The third-order valence-corrected chi connectivity index (χ3v) is 4.91. The van der Waals surface area contributed by atoms with Crippen molar-refractivity contribution >= 4 is 16.6 Å². The fraction of sp³-hybridized carbons (Fsp3) is 0.235. The lowest BCUT2D eigenvalue weighted by Crippen LogP contribution is -2.23. The fourth-order valence-corrected chi connectivity index (χ4v) is 3.12. The second kappa shape index (κ2) is 7.18. The molecular weight excluding hydrogens is 284 g/mol. The van der Waals surface area contributed by atoms with Crippen molar-refractivity contribution in [1.82, 2.24) is 0 Å². The lowest BCUT2D eigenvalue weighted by atomic mass is 10.1. The van der Waals surface area contributed by atoms with Gasteiger partial charge in [-0.15, -0.1) is 0 Å². The van der Waals surface area contributed by atoms with Crippen molar-refractivity contribution in [2.24, 2.45) is 0 Å². The van der Waals surface area contributed by atoms with Crippen LogP contribution in [-0.2, 0) is 16.6 Å². The van der Waals surface area contributed by atoms with E-state index in [1.165, 1.54) is 0 Å². The Labute approximate surface area is 127 Å². The summed E-state index contributed by atoms with van der Waals surface area (Å²) in [7, 11) is 0.343. The van der Waals surface area contributed by atoms with E-state index in [2.05, 4.69) is 0 Å². The Kier molecular flexibility index (Phi) is 5.28. The number of rotatable bonds is 6. The molecule has 110 valence electrons. The SMILES string of the molecule is COc1ccc(C(=O)C(C)S(=O)Cc2ccccc2)cc1. The number of benzene rings is 2. The van der Waals surface area contributed by atoms with Crippen LogP contribution in [0.3, 0.4) is 0 Å². The summed E-state index contributed by atoms with van der Waals surface area (Å²) >= 11 is 0. The van der Waals surface area contributed by atoms with E-state index in [0.29, 0.717) is 17.1 Å². The Hall–Kier alpha value is -1.94. The molecule has 0 saturated heterocycles. The van der Waals surface area contributed by atoms with Gasteiger partial charge in [0.15, 0.2) is 5.78 Å². The third-order valence-electron chi connectivity index (χ3n) is 3.29. The highest BCUT2D eigenvalue weighted by molar-refractivity contribution is 7.85. The van der Waals surface area contributed by atoms with Crippen LogP contribution in [0, 0.1) is 0 Å². The molecule has 3 nitrogen and oxygen atoms in total. The minimum atomic E-state index is -1.23. The summed E-state index contributed by atoms with van der Waals surface area (Å²) in [5.41, 5.74) is 1.54. The van der Waals surface area contributed by atoms with Gasteiger partial charge in [-0.05, 0) is 36.8 Å². The molecule has 21 heavy (non-hydrogen) atoms. The van der Waals surface area contributed by atoms with E-state index < -0.39 is 16.0 Å². The van der Waals surface area contributed by atoms with Gasteiger partial charge in [-0.3, -0.25) is 9.00 Å². The second-order valence-electron chi connectivity index (χ2n) is 4.75. The van der Waals surface area contributed by atoms with Crippen LogP contribution < -0.4 is 4.74 Å². The van der Waals surface area contributed by atoms with Crippen molar-refractivity contribution in [3.05, 3.63) is 65.7 Å². The summed E-state index contributed by atoms with van der Waals surface area (Å²) in [6.45, 7) is 1.71. The van der Waals surface area contributed by atoms with Crippen molar-refractivity contribution in [2.45, 2.75) is 17.9 Å². The molecule has 2 unspecified atom stereocenters. The first kappa shape index (κ1) is 15.4. The predicted octanol–water partition coefficient (Wildman–Crippen LogP) is 3.22. The second-order valence-corrected chi connectivity index (χ2v) is 6.50. The first-order valence-corrected chi connectivity index (χ1v) is 8.09. The van der Waals surface area contributed by atoms with Gasteiger partial charge >= 0.3 is 0 Å². The van der Waals surface area contributed by atoms with E-state index in [0.717, 1.165) is 5.56 Å². The van der Waals surface area contributed by atoms with Gasteiger partial charge in [-0.1, -0.05) is 30.3 Å². The zero-order valence-corrected chi connectivity index (χ0v) is 12.9. The molecule has 0 aliphatic rings. The quantitative estimate of drug-likeness (QED) is 0.770. The van der Waals surface area contributed by atoms with Gasteiger partial charge < -0.3 is 4.74 Å². The molecule has 0 radical (unpaired) electrons. The van der Waals surface area contributed by atoms with Gasteiger partial charge in [0, 0.05) is 22.1 Å². The zero-order valence-electron chi connectivity index (χ0n) is 12.1. The maximum atomic E-state index is 12.3. The minimum Gasteiger partial charge on any atom is -0.497 e. The highest BCUT2D eigenvalue weighted by Gasteiger charge is 2.21. The van der Waals surface area contributed by atoms with Crippen LogP contribution in [0.1, 0.15) is 22.8 Å². The van der Waals surface area contributed by atoms with Crippen LogP contribution >= 0.6 is 0 Å². The van der Waals surface area contributed by atoms with Gasteiger partial charge in [-0.2, -0.15) is 0 Å². The minimum absolute atomic E-state index is 0.105. The van der Waals surface area contributed by atoms with E-state index in [1.54, 1.807) is 38.3 Å². The van der Waals surface area contributed by atoms with Crippen molar-refractivity contribution < 1.29 is 13.7 Å². The number of ketones is 1. The summed E-state index contributed by atoms with van der Waals surface area (Å²) in [6, 6.07) is 16.4. The van der Waals surface area contributed by atoms with Gasteiger partial charge in [-0.25, -0.2) is 0 Å². The van der Waals surface area contributed by atoms with Crippen LogP contribution in [0.2, 0.25) is 0 Å². The zero-order chi connectivity index (χ0) is 15.2. The number of hydrogen-bond donors (Lipinski definition) is 0. The first-order chi connectivity index (χ1) is 10.1. The number of methoxy groups -OCH3 is 1. The van der Waals surface area contributed by atoms with E-state index in [9.17, 15) is 9.00 Å². The number of carbonyl (C=O) groups is 1. The molecule has 0 saturated carbocycles. The number of ether oxygens (including phenoxy) is 1. The first-order valence-electron chi connectivity index (χ1n) is 6.71. The Morgan fingerprint density at radius 1 is 1.10 bits per heavy atom. The molecule has 0 bridgehead atoms. The summed E-state index contributed by atoms with van der Waals surface area (Å²) in [6.07, 6.45) is 0. The van der Waals surface area contributed by atoms with Crippen LogP contribution in [0.4, 0.5) is 0 Å².